The highest BCUT2D eigenvalue weighted by Crippen LogP contribution is 2.23. The number of nitrogens with one attached hydrogen (secondary N) is 1. The maximum absolute atomic E-state index is 12.2. The fourth-order valence-corrected chi connectivity index (χ4v) is 3.61. The van der Waals surface area contributed by atoms with Crippen molar-refractivity contribution in [2.24, 2.45) is 0 Å². The third-order valence-electron chi connectivity index (χ3n) is 4.03. The van der Waals surface area contributed by atoms with Crippen molar-refractivity contribution in [3.63, 3.8) is 0 Å². The molecule has 0 aliphatic rings. The molecule has 1 N–H and O–H groups in total. The molecule has 2 aromatic heterocycles. The maximum Gasteiger partial charge on any atom is 0.240 e. The van der Waals surface area contributed by atoms with Gasteiger partial charge < -0.3 is 9.88 Å². The van der Waals surface area contributed by atoms with E-state index in [1.807, 2.05) is 76.8 Å². The Morgan fingerprint density at radius 2 is 1.84 bits per heavy atom. The lowest BCUT2D eigenvalue weighted by Gasteiger charge is -2.06. The predicted octanol–water partition coefficient (Wildman–Crippen LogP) is 4.08. The average molecular weight is 347 g/mol. The molecule has 0 radical (unpaired) electrons. The first kappa shape index (κ1) is 15.6. The van der Waals surface area contributed by atoms with Gasteiger partial charge in [0.15, 0.2) is 0 Å². The summed E-state index contributed by atoms with van der Waals surface area (Å²) >= 11 is 1.59. The number of hydrogen-bond acceptors (Lipinski definition) is 3. The molecule has 5 heteroatoms. The zero-order valence-corrected chi connectivity index (χ0v) is 14.4. The molecule has 124 valence electrons. The molecular formula is C20H17N3OS. The molecule has 0 spiro atoms. The number of nitrogens with zero attached hydrogens (tertiary/aromatic N) is 2. The number of hydrogen-bond donors (Lipinski definition) is 1. The topological polar surface area (TPSA) is 46.9 Å². The Hall–Kier alpha value is -2.92. The van der Waals surface area contributed by atoms with Gasteiger partial charge in [-0.2, -0.15) is 0 Å². The van der Waals surface area contributed by atoms with Gasteiger partial charge in [0.05, 0.1) is 12.2 Å². The normalized spacial score (nSPS) is 10.9. The molecule has 0 atom stereocenters. The molecule has 2 heterocycles. The van der Waals surface area contributed by atoms with Gasteiger partial charge in [0.25, 0.3) is 0 Å². The van der Waals surface area contributed by atoms with Crippen molar-refractivity contribution in [1.29, 1.82) is 0 Å². The molecule has 4 nitrogen and oxygen atoms in total. The second-order valence-electron chi connectivity index (χ2n) is 5.79. The number of thiazole rings is 1. The van der Waals surface area contributed by atoms with Gasteiger partial charge in [0.1, 0.15) is 11.6 Å². The van der Waals surface area contributed by atoms with E-state index in [1.165, 1.54) is 0 Å². The lowest BCUT2D eigenvalue weighted by Crippen LogP contribution is -2.26. The van der Waals surface area contributed by atoms with E-state index in [0.29, 0.717) is 13.1 Å². The summed E-state index contributed by atoms with van der Waals surface area (Å²) in [6.07, 6.45) is 1.95. The van der Waals surface area contributed by atoms with Gasteiger partial charge in [-0.15, -0.1) is 11.3 Å². The van der Waals surface area contributed by atoms with E-state index < -0.39 is 0 Å². The highest BCUT2D eigenvalue weighted by molar-refractivity contribution is 7.13. The highest BCUT2D eigenvalue weighted by atomic mass is 32.1. The van der Waals surface area contributed by atoms with Gasteiger partial charge in [0, 0.05) is 22.7 Å². The Morgan fingerprint density at radius 3 is 2.72 bits per heavy atom. The standard InChI is InChI=1S/C20H17N3OS/c24-19(13-23-11-10-15-6-4-5-9-18(15)23)21-12-17-14-25-20(22-17)16-7-2-1-3-8-16/h1-11,14H,12-13H2,(H,21,24). The lowest BCUT2D eigenvalue weighted by atomic mass is 10.2. The average Bonchev–Trinajstić information content (AvgIpc) is 3.28. The lowest BCUT2D eigenvalue weighted by molar-refractivity contribution is -0.121. The quantitative estimate of drug-likeness (QED) is 0.591. The molecule has 25 heavy (non-hydrogen) atoms. The molecule has 0 unspecified atom stereocenters. The van der Waals surface area contributed by atoms with Crippen molar-refractivity contribution in [3.05, 3.63) is 77.9 Å². The Labute approximate surface area is 149 Å². The van der Waals surface area contributed by atoms with Crippen LogP contribution in [0, 0.1) is 0 Å². The number of aromatic nitrogens is 2. The van der Waals surface area contributed by atoms with E-state index in [4.69, 9.17) is 0 Å². The second kappa shape index (κ2) is 6.91. The first-order valence-corrected chi connectivity index (χ1v) is 8.98. The van der Waals surface area contributed by atoms with Crippen molar-refractivity contribution in [3.8, 4) is 10.6 Å². The van der Waals surface area contributed by atoms with Crippen molar-refractivity contribution in [1.82, 2.24) is 14.9 Å². The number of fused-ring (bicyclic) bond motifs is 1. The number of carbonyl (C=O) groups excluding carboxylic acids is 1. The molecule has 4 rings (SSSR count). The third-order valence-corrected chi connectivity index (χ3v) is 4.97. The van der Waals surface area contributed by atoms with Crippen molar-refractivity contribution in [2.45, 2.75) is 13.1 Å². The molecular weight excluding hydrogens is 330 g/mol. The molecule has 0 saturated heterocycles. The summed E-state index contributed by atoms with van der Waals surface area (Å²) < 4.78 is 1.96. The van der Waals surface area contributed by atoms with E-state index >= 15 is 0 Å². The van der Waals surface area contributed by atoms with Gasteiger partial charge in [-0.25, -0.2) is 4.98 Å². The summed E-state index contributed by atoms with van der Waals surface area (Å²) in [5.41, 5.74) is 3.05. The molecule has 1 amide bonds. The fraction of sp³-hybridized carbons (Fsp3) is 0.100. The Bertz CT molecular complexity index is 1000. The van der Waals surface area contributed by atoms with Crippen LogP contribution in [-0.4, -0.2) is 15.5 Å². The van der Waals surface area contributed by atoms with E-state index in [0.717, 1.165) is 27.2 Å². The largest absolute Gasteiger partial charge is 0.349 e. The Morgan fingerprint density at radius 1 is 1.04 bits per heavy atom. The van der Waals surface area contributed by atoms with E-state index in [1.54, 1.807) is 11.3 Å². The monoisotopic (exact) mass is 347 g/mol. The predicted molar refractivity (Wildman–Crippen MR) is 101 cm³/mol. The molecule has 0 aliphatic carbocycles. The Balaban J connectivity index is 1.38. The minimum Gasteiger partial charge on any atom is -0.349 e. The van der Waals surface area contributed by atoms with Crippen molar-refractivity contribution in [2.75, 3.05) is 0 Å². The maximum atomic E-state index is 12.2. The third kappa shape index (κ3) is 3.46. The summed E-state index contributed by atoms with van der Waals surface area (Å²) in [4.78, 5) is 16.8. The van der Waals surface area contributed by atoms with Gasteiger partial charge in [-0.3, -0.25) is 4.79 Å². The number of amides is 1. The highest BCUT2D eigenvalue weighted by Gasteiger charge is 2.08. The molecule has 4 aromatic rings. The fourth-order valence-electron chi connectivity index (χ4n) is 2.78. The molecule has 0 fully saturated rings. The van der Waals surface area contributed by atoms with Gasteiger partial charge >= 0.3 is 0 Å². The minimum absolute atomic E-state index is 0.0179. The van der Waals surface area contributed by atoms with Gasteiger partial charge in [0.2, 0.25) is 5.91 Å². The second-order valence-corrected chi connectivity index (χ2v) is 6.65. The zero-order valence-electron chi connectivity index (χ0n) is 13.6. The summed E-state index contributed by atoms with van der Waals surface area (Å²) in [6.45, 7) is 0.755. The van der Waals surface area contributed by atoms with Crippen LogP contribution in [0.15, 0.2) is 72.2 Å². The van der Waals surface area contributed by atoms with Crippen LogP contribution < -0.4 is 5.32 Å². The summed E-state index contributed by atoms with van der Waals surface area (Å²) in [6, 6.07) is 20.1. The first-order chi connectivity index (χ1) is 12.3. The molecule has 0 saturated carbocycles. The van der Waals surface area contributed by atoms with Crippen LogP contribution in [0.2, 0.25) is 0 Å². The Kier molecular flexibility index (Phi) is 4.31. The van der Waals surface area contributed by atoms with Gasteiger partial charge in [-0.1, -0.05) is 48.5 Å². The summed E-state index contributed by atoms with van der Waals surface area (Å²) in [7, 11) is 0. The van der Waals surface area contributed by atoms with Crippen molar-refractivity contribution >= 4 is 28.1 Å². The number of benzene rings is 2. The van der Waals surface area contributed by atoms with Crippen LogP contribution in [0.3, 0.4) is 0 Å². The number of rotatable bonds is 5. The van der Waals surface area contributed by atoms with Crippen LogP contribution in [0.4, 0.5) is 0 Å². The summed E-state index contributed by atoms with van der Waals surface area (Å²) in [5, 5.41) is 7.06. The zero-order chi connectivity index (χ0) is 17.1. The number of para-hydroxylation sites is 1. The van der Waals surface area contributed by atoms with Crippen LogP contribution in [-0.2, 0) is 17.9 Å². The summed E-state index contributed by atoms with van der Waals surface area (Å²) in [5.74, 6) is -0.0179. The molecule has 2 aromatic carbocycles. The van der Waals surface area contributed by atoms with E-state index in [9.17, 15) is 4.79 Å². The van der Waals surface area contributed by atoms with E-state index in [2.05, 4.69) is 10.3 Å². The van der Waals surface area contributed by atoms with Gasteiger partial charge in [-0.05, 0) is 17.5 Å². The SMILES string of the molecule is O=C(Cn1ccc2ccccc21)NCc1csc(-c2ccccc2)n1. The smallest absolute Gasteiger partial charge is 0.240 e. The number of carbonyl (C=O) groups is 1. The van der Waals surface area contributed by atoms with E-state index in [-0.39, 0.29) is 5.91 Å². The first-order valence-electron chi connectivity index (χ1n) is 8.10. The van der Waals surface area contributed by atoms with Crippen molar-refractivity contribution < 1.29 is 4.79 Å². The van der Waals surface area contributed by atoms with Crippen LogP contribution in [0.1, 0.15) is 5.69 Å². The van der Waals surface area contributed by atoms with Crippen LogP contribution >= 0.6 is 11.3 Å². The van der Waals surface area contributed by atoms with Crippen LogP contribution in [0.5, 0.6) is 0 Å². The molecule has 0 bridgehead atoms. The minimum atomic E-state index is -0.0179. The van der Waals surface area contributed by atoms with Crippen LogP contribution in [0.25, 0.3) is 21.5 Å². The molecule has 0 aliphatic heterocycles.